The summed E-state index contributed by atoms with van der Waals surface area (Å²) >= 11 is 0. The number of nitrogens with two attached hydrogens (primary N) is 1. The lowest BCUT2D eigenvalue weighted by Gasteiger charge is -2.15. The summed E-state index contributed by atoms with van der Waals surface area (Å²) < 4.78 is 5.88. The molecule has 0 bridgehead atoms. The van der Waals surface area contributed by atoms with Crippen molar-refractivity contribution in [1.29, 1.82) is 0 Å². The Morgan fingerprint density at radius 2 is 2.15 bits per heavy atom. The predicted molar refractivity (Wildman–Crippen MR) is 111 cm³/mol. The minimum Gasteiger partial charge on any atom is -0.462 e. The zero-order valence-electron chi connectivity index (χ0n) is 16.5. The molecule has 0 saturated carbocycles. The summed E-state index contributed by atoms with van der Waals surface area (Å²) in [5.74, 6) is 0.986. The van der Waals surface area contributed by atoms with Crippen molar-refractivity contribution >= 4 is 5.91 Å². The summed E-state index contributed by atoms with van der Waals surface area (Å²) in [7, 11) is 0. The number of carbonyl (C=O) groups excluding carboxylic acids is 1. The van der Waals surface area contributed by atoms with E-state index >= 15 is 0 Å². The summed E-state index contributed by atoms with van der Waals surface area (Å²) in [6, 6.07) is 6.68. The lowest BCUT2D eigenvalue weighted by atomic mass is 10.1. The third-order valence-corrected chi connectivity index (χ3v) is 4.88. The summed E-state index contributed by atoms with van der Waals surface area (Å²) in [5, 5.41) is 3.66. The van der Waals surface area contributed by atoms with Crippen LogP contribution in [0.4, 0.5) is 0 Å². The third kappa shape index (κ3) is 5.97. The average Bonchev–Trinajstić information content (AvgIpc) is 3.04. The highest BCUT2D eigenvalue weighted by molar-refractivity contribution is 5.94. The van der Waals surface area contributed by atoms with Crippen LogP contribution in [0.2, 0.25) is 0 Å². The van der Waals surface area contributed by atoms with Gasteiger partial charge >= 0.3 is 0 Å². The van der Waals surface area contributed by atoms with E-state index < -0.39 is 5.91 Å². The van der Waals surface area contributed by atoms with Crippen LogP contribution in [0.5, 0.6) is 5.75 Å². The molecule has 0 aromatic heterocycles. The van der Waals surface area contributed by atoms with Gasteiger partial charge in [-0.25, -0.2) is 0 Å². The van der Waals surface area contributed by atoms with Gasteiger partial charge in [-0.05, 0) is 82.0 Å². The van der Waals surface area contributed by atoms with Gasteiger partial charge in [0.05, 0.1) is 0 Å². The van der Waals surface area contributed by atoms with E-state index in [0.29, 0.717) is 17.4 Å². The Kier molecular flexibility index (Phi) is 7.62. The fraction of sp³-hybridized carbons (Fsp3) is 0.348. The molecule has 4 heteroatoms. The van der Waals surface area contributed by atoms with Gasteiger partial charge < -0.3 is 15.8 Å². The summed E-state index contributed by atoms with van der Waals surface area (Å²) in [6.07, 6.45) is 10.2. The van der Waals surface area contributed by atoms with E-state index in [2.05, 4.69) is 44.0 Å². The molecule has 0 spiro atoms. The van der Waals surface area contributed by atoms with Crippen molar-refractivity contribution in [3.05, 3.63) is 77.1 Å². The van der Waals surface area contributed by atoms with Gasteiger partial charge in [-0.3, -0.25) is 4.79 Å². The molecule has 0 heterocycles. The van der Waals surface area contributed by atoms with Crippen LogP contribution < -0.4 is 15.8 Å². The van der Waals surface area contributed by atoms with Crippen molar-refractivity contribution in [2.75, 3.05) is 6.54 Å². The normalized spacial score (nSPS) is 17.6. The number of hydrogen-bond acceptors (Lipinski definition) is 3. The number of carbonyl (C=O) groups is 1. The SMILES string of the molecule is C=C/C(=C\C=C(/C)Oc1ccc2c(c1)CCC2NCC/C(C)=C/C)C(N)=O. The van der Waals surface area contributed by atoms with E-state index in [-0.39, 0.29) is 0 Å². The summed E-state index contributed by atoms with van der Waals surface area (Å²) in [6.45, 7) is 10.7. The number of benzene rings is 1. The fourth-order valence-electron chi connectivity index (χ4n) is 3.14. The Morgan fingerprint density at radius 1 is 1.37 bits per heavy atom. The molecule has 27 heavy (non-hydrogen) atoms. The number of aryl methyl sites for hydroxylation is 1. The topological polar surface area (TPSA) is 64.3 Å². The average molecular weight is 367 g/mol. The molecule has 1 amide bonds. The number of nitrogens with one attached hydrogen (secondary N) is 1. The van der Waals surface area contributed by atoms with E-state index in [4.69, 9.17) is 10.5 Å². The molecule has 1 aromatic carbocycles. The number of rotatable bonds is 9. The van der Waals surface area contributed by atoms with Gasteiger partial charge in [0, 0.05) is 11.6 Å². The smallest absolute Gasteiger partial charge is 0.248 e. The largest absolute Gasteiger partial charge is 0.462 e. The fourth-order valence-corrected chi connectivity index (χ4v) is 3.14. The van der Waals surface area contributed by atoms with E-state index in [0.717, 1.165) is 31.6 Å². The second kappa shape index (κ2) is 9.93. The number of ether oxygens (including phenoxy) is 1. The van der Waals surface area contributed by atoms with Crippen molar-refractivity contribution in [2.45, 2.75) is 46.1 Å². The van der Waals surface area contributed by atoms with Crippen LogP contribution in [-0.2, 0) is 11.2 Å². The van der Waals surface area contributed by atoms with Crippen molar-refractivity contribution in [2.24, 2.45) is 5.73 Å². The standard InChI is InChI=1S/C23H30N2O2/c1-5-16(3)13-14-25-22-12-9-19-15-20(10-11-21(19)22)27-17(4)7-8-18(6-2)23(24)26/h5-8,10-11,15,22,25H,2,9,12-14H2,1,3-4H3,(H2,24,26)/b16-5+,17-7+,18-8+. The van der Waals surface area contributed by atoms with Gasteiger partial charge in [-0.15, -0.1) is 0 Å². The lowest BCUT2D eigenvalue weighted by Crippen LogP contribution is -2.20. The highest BCUT2D eigenvalue weighted by Gasteiger charge is 2.22. The summed E-state index contributed by atoms with van der Waals surface area (Å²) in [4.78, 5) is 11.2. The zero-order chi connectivity index (χ0) is 19.8. The van der Waals surface area contributed by atoms with Crippen LogP contribution in [0.25, 0.3) is 0 Å². The Balaban J connectivity index is 2.00. The molecule has 0 fully saturated rings. The van der Waals surface area contributed by atoms with Crippen molar-refractivity contribution in [3.8, 4) is 5.75 Å². The van der Waals surface area contributed by atoms with E-state index in [1.807, 2.05) is 13.0 Å². The predicted octanol–water partition coefficient (Wildman–Crippen LogP) is 4.50. The molecule has 0 radical (unpaired) electrons. The van der Waals surface area contributed by atoms with Gasteiger partial charge in [-0.2, -0.15) is 0 Å². The maximum Gasteiger partial charge on any atom is 0.248 e. The molecule has 1 aromatic rings. The van der Waals surface area contributed by atoms with Gasteiger partial charge in [0.15, 0.2) is 0 Å². The summed E-state index contributed by atoms with van der Waals surface area (Å²) in [5.41, 5.74) is 9.73. The second-order valence-electron chi connectivity index (χ2n) is 6.86. The molecule has 1 atom stereocenters. The van der Waals surface area contributed by atoms with Gasteiger partial charge in [0.2, 0.25) is 5.91 Å². The first-order chi connectivity index (χ1) is 12.9. The Bertz CT molecular complexity index is 788. The molecule has 4 nitrogen and oxygen atoms in total. The van der Waals surface area contributed by atoms with Gasteiger partial charge in [0.1, 0.15) is 11.5 Å². The molecule has 144 valence electrons. The van der Waals surface area contributed by atoms with Crippen molar-refractivity contribution in [1.82, 2.24) is 5.32 Å². The first-order valence-corrected chi connectivity index (χ1v) is 9.41. The molecule has 3 N–H and O–H groups in total. The van der Waals surface area contributed by atoms with E-state index in [9.17, 15) is 4.79 Å². The maximum atomic E-state index is 11.2. The first kappa shape index (κ1) is 20.7. The second-order valence-corrected chi connectivity index (χ2v) is 6.86. The Morgan fingerprint density at radius 3 is 2.81 bits per heavy atom. The maximum absolute atomic E-state index is 11.2. The van der Waals surface area contributed by atoms with Gasteiger partial charge in [-0.1, -0.05) is 30.4 Å². The molecule has 2 rings (SSSR count). The number of fused-ring (bicyclic) bond motifs is 1. The Hall–Kier alpha value is -2.59. The van der Waals surface area contributed by atoms with Crippen LogP contribution in [0.1, 0.15) is 50.8 Å². The minimum absolute atomic E-state index is 0.356. The van der Waals surface area contributed by atoms with E-state index in [1.54, 1.807) is 12.2 Å². The Labute approximate surface area is 162 Å². The lowest BCUT2D eigenvalue weighted by molar-refractivity contribution is -0.114. The van der Waals surface area contributed by atoms with Gasteiger partial charge in [0.25, 0.3) is 0 Å². The first-order valence-electron chi connectivity index (χ1n) is 9.41. The number of primary amides is 1. The minimum atomic E-state index is -0.505. The van der Waals surface area contributed by atoms with Crippen molar-refractivity contribution < 1.29 is 9.53 Å². The van der Waals surface area contributed by atoms with Crippen LogP contribution >= 0.6 is 0 Å². The number of allylic oxidation sites excluding steroid dienone is 4. The molecule has 0 saturated heterocycles. The zero-order valence-corrected chi connectivity index (χ0v) is 16.5. The van der Waals surface area contributed by atoms with Crippen LogP contribution in [0, 0.1) is 0 Å². The highest BCUT2D eigenvalue weighted by Crippen LogP contribution is 2.34. The van der Waals surface area contributed by atoms with Crippen molar-refractivity contribution in [3.63, 3.8) is 0 Å². The highest BCUT2D eigenvalue weighted by atomic mass is 16.5. The van der Waals surface area contributed by atoms with E-state index in [1.165, 1.54) is 22.8 Å². The third-order valence-electron chi connectivity index (χ3n) is 4.88. The quantitative estimate of drug-likeness (QED) is 0.293. The molecule has 1 aliphatic rings. The number of hydrogen-bond donors (Lipinski definition) is 2. The number of amides is 1. The molecular weight excluding hydrogens is 336 g/mol. The monoisotopic (exact) mass is 366 g/mol. The molecule has 1 unspecified atom stereocenters. The van der Waals surface area contributed by atoms with Crippen LogP contribution in [-0.4, -0.2) is 12.5 Å². The van der Waals surface area contributed by atoms with Crippen LogP contribution in [0.15, 0.2) is 66.0 Å². The molecule has 0 aliphatic heterocycles. The molecular formula is C23H30N2O2. The molecule has 1 aliphatic carbocycles. The van der Waals surface area contributed by atoms with Crippen LogP contribution in [0.3, 0.4) is 0 Å².